The summed E-state index contributed by atoms with van der Waals surface area (Å²) in [5.41, 5.74) is -0.563. The molecule has 0 spiro atoms. The Bertz CT molecular complexity index is 508. The van der Waals surface area contributed by atoms with Crippen LogP contribution < -0.4 is 0 Å². The SMILES string of the molecule is CCCn1cc([N+](=O)[O-])cc1C(=O)N(C)C(C)(C)CO. The molecule has 0 bridgehead atoms. The molecule has 1 aromatic rings. The molecule has 0 saturated heterocycles. The number of rotatable bonds is 6. The van der Waals surface area contributed by atoms with Gasteiger partial charge in [-0.1, -0.05) is 6.92 Å². The predicted octanol–water partition coefficient (Wildman–Crippen LogP) is 1.65. The van der Waals surface area contributed by atoms with Gasteiger partial charge in [-0.15, -0.1) is 0 Å². The van der Waals surface area contributed by atoms with Crippen LogP contribution >= 0.6 is 0 Å². The van der Waals surface area contributed by atoms with Gasteiger partial charge in [-0.2, -0.15) is 0 Å². The highest BCUT2D eigenvalue weighted by Crippen LogP contribution is 2.21. The maximum Gasteiger partial charge on any atom is 0.287 e. The number of aliphatic hydroxyl groups is 1. The van der Waals surface area contributed by atoms with Gasteiger partial charge in [0.05, 0.1) is 23.3 Å². The van der Waals surface area contributed by atoms with Gasteiger partial charge >= 0.3 is 0 Å². The highest BCUT2D eigenvalue weighted by atomic mass is 16.6. The van der Waals surface area contributed by atoms with Crippen LogP contribution in [-0.4, -0.2) is 44.6 Å². The zero-order valence-corrected chi connectivity index (χ0v) is 12.3. The number of likely N-dealkylation sites (N-methyl/N-ethyl adjacent to an activating group) is 1. The third kappa shape index (κ3) is 3.16. The quantitative estimate of drug-likeness (QED) is 0.635. The summed E-state index contributed by atoms with van der Waals surface area (Å²) >= 11 is 0. The second-order valence-electron chi connectivity index (χ2n) is 5.37. The molecule has 0 aliphatic rings. The molecule has 1 aromatic heterocycles. The summed E-state index contributed by atoms with van der Waals surface area (Å²) in [6.07, 6.45) is 2.13. The van der Waals surface area contributed by atoms with Gasteiger partial charge < -0.3 is 14.6 Å². The normalized spacial score (nSPS) is 11.4. The smallest absolute Gasteiger partial charge is 0.287 e. The molecule has 1 heterocycles. The number of hydrogen-bond acceptors (Lipinski definition) is 4. The predicted molar refractivity (Wildman–Crippen MR) is 74.6 cm³/mol. The van der Waals surface area contributed by atoms with E-state index in [0.717, 1.165) is 6.42 Å². The van der Waals surface area contributed by atoms with Crippen molar-refractivity contribution in [1.82, 2.24) is 9.47 Å². The average Bonchev–Trinajstić information content (AvgIpc) is 2.81. The summed E-state index contributed by atoms with van der Waals surface area (Å²) in [5.74, 6) is -0.342. The molecule has 7 nitrogen and oxygen atoms in total. The van der Waals surface area contributed by atoms with Gasteiger partial charge in [-0.25, -0.2) is 0 Å². The fourth-order valence-electron chi connectivity index (χ4n) is 1.75. The number of nitro groups is 1. The van der Waals surface area contributed by atoms with E-state index in [1.807, 2.05) is 6.92 Å². The minimum absolute atomic E-state index is 0.1000. The first kappa shape index (κ1) is 16.2. The topological polar surface area (TPSA) is 88.6 Å². The first-order valence-corrected chi connectivity index (χ1v) is 6.48. The Morgan fingerprint density at radius 3 is 2.60 bits per heavy atom. The molecule has 0 unspecified atom stereocenters. The molecule has 0 saturated carbocycles. The average molecular weight is 283 g/mol. The van der Waals surface area contributed by atoms with E-state index in [-0.39, 0.29) is 23.9 Å². The first-order chi connectivity index (χ1) is 9.24. The van der Waals surface area contributed by atoms with E-state index in [0.29, 0.717) is 6.54 Å². The van der Waals surface area contributed by atoms with Gasteiger partial charge in [-0.3, -0.25) is 14.9 Å². The largest absolute Gasteiger partial charge is 0.394 e. The van der Waals surface area contributed by atoms with E-state index >= 15 is 0 Å². The second kappa shape index (κ2) is 6.04. The monoisotopic (exact) mass is 283 g/mol. The van der Waals surface area contributed by atoms with Crippen molar-refractivity contribution in [3.63, 3.8) is 0 Å². The van der Waals surface area contributed by atoms with Crippen LogP contribution in [0, 0.1) is 10.1 Å². The molecule has 0 fully saturated rings. The standard InChI is InChI=1S/C13H21N3O4/c1-5-6-15-8-10(16(19)20)7-11(15)12(18)14(4)13(2,3)9-17/h7-8,17H,5-6,9H2,1-4H3. The van der Waals surface area contributed by atoms with Gasteiger partial charge in [0.25, 0.3) is 11.6 Å². The number of amides is 1. The molecule has 1 amide bonds. The number of carbonyl (C=O) groups is 1. The molecule has 1 N–H and O–H groups in total. The molecule has 112 valence electrons. The van der Waals surface area contributed by atoms with Crippen molar-refractivity contribution in [1.29, 1.82) is 0 Å². The molecule has 0 atom stereocenters. The maximum atomic E-state index is 12.5. The molecular weight excluding hydrogens is 262 g/mol. The summed E-state index contributed by atoms with van der Waals surface area (Å²) in [4.78, 5) is 24.2. The van der Waals surface area contributed by atoms with Crippen molar-refractivity contribution in [2.75, 3.05) is 13.7 Å². The van der Waals surface area contributed by atoms with E-state index < -0.39 is 10.5 Å². The van der Waals surface area contributed by atoms with Crippen LogP contribution in [0.5, 0.6) is 0 Å². The van der Waals surface area contributed by atoms with Crippen LogP contribution in [0.15, 0.2) is 12.3 Å². The molecule has 20 heavy (non-hydrogen) atoms. The van der Waals surface area contributed by atoms with Crippen LogP contribution in [0.25, 0.3) is 0 Å². The van der Waals surface area contributed by atoms with Crippen molar-refractivity contribution in [2.24, 2.45) is 0 Å². The summed E-state index contributed by atoms with van der Waals surface area (Å²) in [5, 5.41) is 20.2. The van der Waals surface area contributed by atoms with Crippen molar-refractivity contribution in [2.45, 2.75) is 39.3 Å². The number of aryl methyl sites for hydroxylation is 1. The molecule has 0 aromatic carbocycles. The van der Waals surface area contributed by atoms with Gasteiger partial charge in [0.1, 0.15) is 5.69 Å². The van der Waals surface area contributed by atoms with Crippen molar-refractivity contribution >= 4 is 11.6 Å². The van der Waals surface area contributed by atoms with E-state index in [9.17, 15) is 20.0 Å². The van der Waals surface area contributed by atoms with Gasteiger partial charge in [-0.05, 0) is 20.3 Å². The fraction of sp³-hybridized carbons (Fsp3) is 0.615. The number of hydrogen-bond donors (Lipinski definition) is 1. The Hall–Kier alpha value is -1.89. The van der Waals surface area contributed by atoms with Crippen LogP contribution in [0.1, 0.15) is 37.7 Å². The number of nitrogens with zero attached hydrogens (tertiary/aromatic N) is 3. The van der Waals surface area contributed by atoms with Crippen LogP contribution in [-0.2, 0) is 6.54 Å². The Morgan fingerprint density at radius 1 is 1.55 bits per heavy atom. The minimum atomic E-state index is -0.729. The van der Waals surface area contributed by atoms with Gasteiger partial charge in [0.2, 0.25) is 0 Å². The zero-order chi connectivity index (χ0) is 15.5. The van der Waals surface area contributed by atoms with E-state index in [1.54, 1.807) is 25.5 Å². The Morgan fingerprint density at radius 2 is 2.15 bits per heavy atom. The summed E-state index contributed by atoms with van der Waals surface area (Å²) < 4.78 is 1.59. The maximum absolute atomic E-state index is 12.5. The van der Waals surface area contributed by atoms with Crippen molar-refractivity contribution in [3.05, 3.63) is 28.1 Å². The first-order valence-electron chi connectivity index (χ1n) is 6.48. The number of aromatic nitrogens is 1. The minimum Gasteiger partial charge on any atom is -0.394 e. The fourth-order valence-corrected chi connectivity index (χ4v) is 1.75. The highest BCUT2D eigenvalue weighted by molar-refractivity contribution is 5.94. The van der Waals surface area contributed by atoms with Crippen LogP contribution in [0.2, 0.25) is 0 Å². The lowest BCUT2D eigenvalue weighted by Gasteiger charge is -2.34. The summed E-state index contributed by atoms with van der Waals surface area (Å²) in [6, 6.07) is 1.28. The lowest BCUT2D eigenvalue weighted by Crippen LogP contribution is -2.48. The summed E-state index contributed by atoms with van der Waals surface area (Å²) in [7, 11) is 1.58. The lowest BCUT2D eigenvalue weighted by molar-refractivity contribution is -0.384. The number of aliphatic hydroxyl groups excluding tert-OH is 1. The molecule has 0 aliphatic carbocycles. The van der Waals surface area contributed by atoms with E-state index in [2.05, 4.69) is 0 Å². The van der Waals surface area contributed by atoms with Crippen molar-refractivity contribution < 1.29 is 14.8 Å². The molecular formula is C13H21N3O4. The molecule has 7 heteroatoms. The zero-order valence-electron chi connectivity index (χ0n) is 12.3. The number of carbonyl (C=O) groups excluding carboxylic acids is 1. The molecule has 0 aliphatic heterocycles. The second-order valence-corrected chi connectivity index (χ2v) is 5.37. The summed E-state index contributed by atoms with van der Waals surface area (Å²) in [6.45, 7) is 5.73. The van der Waals surface area contributed by atoms with Gasteiger partial charge in [0, 0.05) is 19.7 Å². The van der Waals surface area contributed by atoms with E-state index in [1.165, 1.54) is 17.2 Å². The third-order valence-corrected chi connectivity index (χ3v) is 3.38. The molecule has 1 rings (SSSR count). The Labute approximate surface area is 118 Å². The Balaban J connectivity index is 3.17. The van der Waals surface area contributed by atoms with Gasteiger partial charge in [0.15, 0.2) is 0 Å². The lowest BCUT2D eigenvalue weighted by atomic mass is 10.0. The molecule has 0 radical (unpaired) electrons. The van der Waals surface area contributed by atoms with E-state index in [4.69, 9.17) is 0 Å². The van der Waals surface area contributed by atoms with Crippen LogP contribution in [0.3, 0.4) is 0 Å². The third-order valence-electron chi connectivity index (χ3n) is 3.38. The van der Waals surface area contributed by atoms with Crippen molar-refractivity contribution in [3.8, 4) is 0 Å². The van der Waals surface area contributed by atoms with Crippen LogP contribution in [0.4, 0.5) is 5.69 Å². The Kier molecular flexibility index (Phi) is 4.88. The highest BCUT2D eigenvalue weighted by Gasteiger charge is 2.30.